The van der Waals surface area contributed by atoms with Crippen LogP contribution < -0.4 is 10.6 Å². The number of hydrogen-bond donors (Lipinski definition) is 2. The van der Waals surface area contributed by atoms with E-state index in [1.807, 2.05) is 17.8 Å². The van der Waals surface area contributed by atoms with Crippen LogP contribution in [0.5, 0.6) is 0 Å². The summed E-state index contributed by atoms with van der Waals surface area (Å²) in [4.78, 5) is 11.9. The molecule has 2 rings (SSSR count). The number of rotatable bonds is 6. The third-order valence-corrected chi connectivity index (χ3v) is 5.10. The van der Waals surface area contributed by atoms with Gasteiger partial charge in [0, 0.05) is 24.1 Å². The molecule has 1 fully saturated rings. The minimum atomic E-state index is -0.00550. The van der Waals surface area contributed by atoms with E-state index < -0.39 is 0 Å². The topological polar surface area (TPSA) is 41.1 Å². The number of hydrogen-bond acceptors (Lipinski definition) is 2. The molecule has 2 N–H and O–H groups in total. The molecule has 116 valence electrons. The quantitative estimate of drug-likeness (QED) is 0.785. The van der Waals surface area contributed by atoms with Gasteiger partial charge in [-0.05, 0) is 24.3 Å². The molecule has 1 aliphatic rings. The molecule has 1 saturated carbocycles. The molecule has 2 amide bonds. The molecule has 1 aromatic rings. The molecule has 1 aromatic carbocycles. The number of thioether (sulfide) groups is 1. The molecule has 21 heavy (non-hydrogen) atoms. The summed E-state index contributed by atoms with van der Waals surface area (Å²) < 4.78 is 0. The fraction of sp³-hybridized carbons (Fsp3) is 0.588. The summed E-state index contributed by atoms with van der Waals surface area (Å²) >= 11 is 1.85. The minimum Gasteiger partial charge on any atom is -0.337 e. The van der Waals surface area contributed by atoms with Crippen molar-refractivity contribution in [3.8, 4) is 0 Å². The Kier molecular flexibility index (Phi) is 6.93. The van der Waals surface area contributed by atoms with Gasteiger partial charge in [0.15, 0.2) is 0 Å². The third-order valence-electron chi connectivity index (χ3n) is 4.07. The van der Waals surface area contributed by atoms with Gasteiger partial charge in [-0.3, -0.25) is 0 Å². The zero-order valence-electron chi connectivity index (χ0n) is 12.8. The Morgan fingerprint density at radius 2 is 2.00 bits per heavy atom. The highest BCUT2D eigenvalue weighted by Gasteiger charge is 2.22. The first kappa shape index (κ1) is 16.2. The summed E-state index contributed by atoms with van der Waals surface area (Å²) in [5, 5.41) is 6.08. The lowest BCUT2D eigenvalue weighted by molar-refractivity contribution is 0.222. The van der Waals surface area contributed by atoms with Gasteiger partial charge in [-0.2, -0.15) is 11.8 Å². The van der Waals surface area contributed by atoms with Crippen LogP contribution in [0.15, 0.2) is 30.3 Å². The van der Waals surface area contributed by atoms with E-state index >= 15 is 0 Å². The van der Waals surface area contributed by atoms with Gasteiger partial charge in [0.25, 0.3) is 0 Å². The van der Waals surface area contributed by atoms with Crippen LogP contribution in [0.1, 0.15) is 38.2 Å². The fourth-order valence-corrected chi connectivity index (χ4v) is 3.57. The highest BCUT2D eigenvalue weighted by molar-refractivity contribution is 7.98. The van der Waals surface area contributed by atoms with E-state index in [2.05, 4.69) is 41.8 Å². The van der Waals surface area contributed by atoms with Crippen LogP contribution in [0.3, 0.4) is 0 Å². The fourth-order valence-electron chi connectivity index (χ4n) is 2.75. The standard InChI is InChI=1S/C17H26N2OS/c1-14-7-5-6-10-16(14)19-17(20)18-11-12-21-13-15-8-3-2-4-9-15/h2-4,8-9,14,16H,5-7,10-13H2,1H3,(H2,18,19,20)/t14-,16+/m1/s1. The Balaban J connectivity index is 1.55. The molecule has 0 saturated heterocycles. The van der Waals surface area contributed by atoms with Gasteiger partial charge in [-0.25, -0.2) is 4.79 Å². The average molecular weight is 306 g/mol. The number of carbonyl (C=O) groups is 1. The first-order valence-electron chi connectivity index (χ1n) is 7.92. The van der Waals surface area contributed by atoms with Crippen LogP contribution in [-0.2, 0) is 5.75 Å². The van der Waals surface area contributed by atoms with Crippen LogP contribution in [0, 0.1) is 5.92 Å². The average Bonchev–Trinajstić information content (AvgIpc) is 2.50. The van der Waals surface area contributed by atoms with Crippen molar-refractivity contribution in [1.82, 2.24) is 10.6 Å². The molecular weight excluding hydrogens is 280 g/mol. The van der Waals surface area contributed by atoms with E-state index in [4.69, 9.17) is 0 Å². The summed E-state index contributed by atoms with van der Waals surface area (Å²) in [6, 6.07) is 10.8. The van der Waals surface area contributed by atoms with E-state index in [0.29, 0.717) is 12.0 Å². The number of amides is 2. The van der Waals surface area contributed by atoms with Crippen LogP contribution in [0.2, 0.25) is 0 Å². The second kappa shape index (κ2) is 8.98. The summed E-state index contributed by atoms with van der Waals surface area (Å²) in [6.07, 6.45) is 4.90. The lowest BCUT2D eigenvalue weighted by Gasteiger charge is -2.29. The predicted molar refractivity (Wildman–Crippen MR) is 90.6 cm³/mol. The zero-order chi connectivity index (χ0) is 14.9. The summed E-state index contributed by atoms with van der Waals surface area (Å²) in [5.74, 6) is 2.56. The van der Waals surface area contributed by atoms with Crippen molar-refractivity contribution in [2.75, 3.05) is 12.3 Å². The molecule has 0 unspecified atom stereocenters. The molecule has 0 spiro atoms. The maximum atomic E-state index is 11.9. The van der Waals surface area contributed by atoms with Crippen LogP contribution >= 0.6 is 11.8 Å². The Hall–Kier alpha value is -1.16. The molecule has 0 radical (unpaired) electrons. The summed E-state index contributed by atoms with van der Waals surface area (Å²) in [7, 11) is 0. The molecule has 1 aliphatic carbocycles. The third kappa shape index (κ3) is 6.00. The minimum absolute atomic E-state index is 0.00550. The maximum absolute atomic E-state index is 11.9. The molecule has 0 heterocycles. The smallest absolute Gasteiger partial charge is 0.315 e. The second-order valence-corrected chi connectivity index (χ2v) is 6.91. The lowest BCUT2D eigenvalue weighted by atomic mass is 9.86. The molecule has 0 aliphatic heterocycles. The van der Waals surface area contributed by atoms with Crippen molar-refractivity contribution in [2.45, 2.75) is 44.4 Å². The van der Waals surface area contributed by atoms with Gasteiger partial charge in [-0.15, -0.1) is 0 Å². The molecule has 4 heteroatoms. The van der Waals surface area contributed by atoms with Crippen LogP contribution in [0.4, 0.5) is 4.79 Å². The first-order chi connectivity index (χ1) is 10.3. The molecule has 0 bridgehead atoms. The molecule has 3 nitrogen and oxygen atoms in total. The normalized spacial score (nSPS) is 21.8. The Bertz CT molecular complexity index is 424. The maximum Gasteiger partial charge on any atom is 0.315 e. The molecular formula is C17H26N2OS. The predicted octanol–water partition coefficient (Wildman–Crippen LogP) is 3.80. The van der Waals surface area contributed by atoms with E-state index in [1.54, 1.807) is 0 Å². The van der Waals surface area contributed by atoms with Crippen LogP contribution in [0.25, 0.3) is 0 Å². The van der Waals surface area contributed by atoms with E-state index in [9.17, 15) is 4.79 Å². The van der Waals surface area contributed by atoms with Gasteiger partial charge in [0.05, 0.1) is 0 Å². The molecule has 2 atom stereocenters. The van der Waals surface area contributed by atoms with Crippen molar-refractivity contribution in [3.63, 3.8) is 0 Å². The second-order valence-electron chi connectivity index (χ2n) is 5.81. The van der Waals surface area contributed by atoms with Gasteiger partial charge < -0.3 is 10.6 Å². The van der Waals surface area contributed by atoms with Crippen molar-refractivity contribution in [1.29, 1.82) is 0 Å². The van der Waals surface area contributed by atoms with Crippen molar-refractivity contribution >= 4 is 17.8 Å². The van der Waals surface area contributed by atoms with Gasteiger partial charge in [-0.1, -0.05) is 50.1 Å². The van der Waals surface area contributed by atoms with Crippen molar-refractivity contribution in [3.05, 3.63) is 35.9 Å². The van der Waals surface area contributed by atoms with Crippen molar-refractivity contribution in [2.24, 2.45) is 5.92 Å². The van der Waals surface area contributed by atoms with Gasteiger partial charge >= 0.3 is 6.03 Å². The Labute approximate surface area is 132 Å². The van der Waals surface area contributed by atoms with E-state index in [0.717, 1.165) is 24.5 Å². The SMILES string of the molecule is C[C@@H]1CCCC[C@@H]1NC(=O)NCCSCc1ccccc1. The van der Waals surface area contributed by atoms with Gasteiger partial charge in [0.1, 0.15) is 0 Å². The largest absolute Gasteiger partial charge is 0.337 e. The summed E-state index contributed by atoms with van der Waals surface area (Å²) in [6.45, 7) is 2.96. The van der Waals surface area contributed by atoms with Crippen molar-refractivity contribution < 1.29 is 4.79 Å². The van der Waals surface area contributed by atoms with Crippen LogP contribution in [-0.4, -0.2) is 24.4 Å². The van der Waals surface area contributed by atoms with E-state index in [-0.39, 0.29) is 6.03 Å². The molecule has 0 aromatic heterocycles. The Morgan fingerprint density at radius 1 is 1.24 bits per heavy atom. The number of nitrogens with one attached hydrogen (secondary N) is 2. The van der Waals surface area contributed by atoms with E-state index in [1.165, 1.54) is 24.8 Å². The summed E-state index contributed by atoms with van der Waals surface area (Å²) in [5.41, 5.74) is 1.34. The van der Waals surface area contributed by atoms with Gasteiger partial charge in [0.2, 0.25) is 0 Å². The highest BCUT2D eigenvalue weighted by atomic mass is 32.2. The Morgan fingerprint density at radius 3 is 2.76 bits per heavy atom. The number of carbonyl (C=O) groups excluding carboxylic acids is 1. The number of urea groups is 1. The number of benzene rings is 1. The lowest BCUT2D eigenvalue weighted by Crippen LogP contribution is -2.46. The zero-order valence-corrected chi connectivity index (χ0v) is 13.6. The first-order valence-corrected chi connectivity index (χ1v) is 9.07. The monoisotopic (exact) mass is 306 g/mol. The highest BCUT2D eigenvalue weighted by Crippen LogP contribution is 2.23.